The minimum Gasteiger partial charge on any atom is -0.318 e. The molecule has 0 fully saturated rings. The monoisotopic (exact) mass is 349 g/mol. The van der Waals surface area contributed by atoms with Crippen LogP contribution in [0.5, 0.6) is 0 Å². The number of nitrogens with zero attached hydrogens (tertiary/aromatic N) is 4. The molecule has 0 aliphatic rings. The van der Waals surface area contributed by atoms with Crippen LogP contribution in [-0.2, 0) is 9.84 Å². The molecule has 118 valence electrons. The van der Waals surface area contributed by atoms with Crippen LogP contribution in [0.25, 0.3) is 5.69 Å². The van der Waals surface area contributed by atoms with Gasteiger partial charge in [-0.25, -0.2) is 13.1 Å². The van der Waals surface area contributed by atoms with Crippen molar-refractivity contribution in [2.24, 2.45) is 0 Å². The van der Waals surface area contributed by atoms with Crippen molar-refractivity contribution in [3.05, 3.63) is 48.5 Å². The first-order valence-electron chi connectivity index (χ1n) is 6.38. The standard InChI is InChI=1S/C13H11N5O3S2/c1-23(20,21)12-5-3-2-4-11(12)18-8-9(6-14-18)16-13(19)10-7-15-22-17-10/h2-8H,1H3,(H,16,19). The second-order valence-electron chi connectivity index (χ2n) is 4.66. The van der Waals surface area contributed by atoms with E-state index in [9.17, 15) is 13.2 Å². The fraction of sp³-hybridized carbons (Fsp3) is 0.0769. The van der Waals surface area contributed by atoms with Crippen LogP contribution in [0, 0.1) is 0 Å². The van der Waals surface area contributed by atoms with Crippen LogP contribution >= 0.6 is 11.7 Å². The van der Waals surface area contributed by atoms with Gasteiger partial charge in [0, 0.05) is 6.26 Å². The van der Waals surface area contributed by atoms with Gasteiger partial charge in [0.1, 0.15) is 0 Å². The third-order valence-electron chi connectivity index (χ3n) is 2.95. The maximum atomic E-state index is 11.9. The Bertz CT molecular complexity index is 948. The van der Waals surface area contributed by atoms with E-state index in [2.05, 4.69) is 19.2 Å². The Morgan fingerprint density at radius 2 is 2.04 bits per heavy atom. The van der Waals surface area contributed by atoms with Crippen LogP contribution in [0.3, 0.4) is 0 Å². The molecule has 8 nitrogen and oxygen atoms in total. The van der Waals surface area contributed by atoms with E-state index in [0.29, 0.717) is 11.4 Å². The molecule has 1 aromatic carbocycles. The quantitative estimate of drug-likeness (QED) is 0.762. The van der Waals surface area contributed by atoms with Crippen molar-refractivity contribution in [2.45, 2.75) is 4.90 Å². The van der Waals surface area contributed by atoms with Crippen molar-refractivity contribution >= 4 is 33.2 Å². The first-order chi connectivity index (χ1) is 10.9. The maximum absolute atomic E-state index is 11.9. The lowest BCUT2D eigenvalue weighted by atomic mass is 10.3. The molecule has 0 atom stereocenters. The lowest BCUT2D eigenvalue weighted by Gasteiger charge is -2.07. The van der Waals surface area contributed by atoms with E-state index < -0.39 is 15.7 Å². The van der Waals surface area contributed by atoms with Gasteiger partial charge in [-0.2, -0.15) is 13.8 Å². The summed E-state index contributed by atoms with van der Waals surface area (Å²) in [6.07, 6.45) is 5.45. The molecule has 1 N–H and O–H groups in total. The van der Waals surface area contributed by atoms with Gasteiger partial charge < -0.3 is 5.32 Å². The molecule has 3 aromatic rings. The van der Waals surface area contributed by atoms with Crippen LogP contribution in [0.2, 0.25) is 0 Å². The van der Waals surface area contributed by atoms with E-state index in [1.807, 2.05) is 0 Å². The summed E-state index contributed by atoms with van der Waals surface area (Å²) in [4.78, 5) is 12.1. The number of sulfone groups is 1. The van der Waals surface area contributed by atoms with Crippen molar-refractivity contribution in [2.75, 3.05) is 11.6 Å². The third kappa shape index (κ3) is 3.27. The average Bonchev–Trinajstić information content (AvgIpc) is 3.18. The second-order valence-corrected chi connectivity index (χ2v) is 7.20. The normalized spacial score (nSPS) is 11.3. The topological polar surface area (TPSA) is 107 Å². The van der Waals surface area contributed by atoms with Gasteiger partial charge in [0.05, 0.1) is 46.6 Å². The summed E-state index contributed by atoms with van der Waals surface area (Å²) in [6.45, 7) is 0. The van der Waals surface area contributed by atoms with Crippen molar-refractivity contribution < 1.29 is 13.2 Å². The number of carbonyl (C=O) groups excluding carboxylic acids is 1. The number of aromatic nitrogens is 4. The van der Waals surface area contributed by atoms with E-state index in [1.165, 1.54) is 29.3 Å². The maximum Gasteiger partial charge on any atom is 0.277 e. The molecule has 0 radical (unpaired) electrons. The highest BCUT2D eigenvalue weighted by atomic mass is 32.2. The SMILES string of the molecule is CS(=O)(=O)c1ccccc1-n1cc(NC(=O)c2cnsn2)cn1. The Morgan fingerprint density at radius 3 is 2.74 bits per heavy atom. The van der Waals surface area contributed by atoms with Gasteiger partial charge in [-0.15, -0.1) is 0 Å². The molecule has 10 heteroatoms. The summed E-state index contributed by atoms with van der Waals surface area (Å²) in [5, 5.41) is 6.72. The van der Waals surface area contributed by atoms with E-state index in [0.717, 1.165) is 18.0 Å². The molecule has 0 bridgehead atoms. The van der Waals surface area contributed by atoms with Crippen LogP contribution in [-0.4, -0.2) is 39.1 Å². The van der Waals surface area contributed by atoms with Crippen LogP contribution < -0.4 is 5.32 Å². The van der Waals surface area contributed by atoms with Gasteiger partial charge in [0.15, 0.2) is 15.5 Å². The second kappa shape index (κ2) is 5.89. The molecule has 1 amide bonds. The smallest absolute Gasteiger partial charge is 0.277 e. The van der Waals surface area contributed by atoms with E-state index in [-0.39, 0.29) is 10.6 Å². The van der Waals surface area contributed by atoms with Crippen molar-refractivity contribution in [3.8, 4) is 5.69 Å². The van der Waals surface area contributed by atoms with Crippen molar-refractivity contribution in [3.63, 3.8) is 0 Å². The van der Waals surface area contributed by atoms with Crippen LogP contribution in [0.4, 0.5) is 5.69 Å². The summed E-state index contributed by atoms with van der Waals surface area (Å²) >= 11 is 0.937. The zero-order valence-electron chi connectivity index (χ0n) is 11.9. The van der Waals surface area contributed by atoms with E-state index >= 15 is 0 Å². The van der Waals surface area contributed by atoms with Gasteiger partial charge in [0.2, 0.25) is 0 Å². The molecule has 0 aliphatic carbocycles. The molecule has 3 rings (SSSR count). The minimum atomic E-state index is -3.40. The molecule has 0 spiro atoms. The Hall–Kier alpha value is -2.59. The Kier molecular flexibility index (Phi) is 3.92. The first-order valence-corrected chi connectivity index (χ1v) is 9.00. The van der Waals surface area contributed by atoms with Crippen molar-refractivity contribution in [1.29, 1.82) is 0 Å². The molecular formula is C13H11N5O3S2. The zero-order chi connectivity index (χ0) is 16.4. The number of para-hydroxylation sites is 1. The summed E-state index contributed by atoms with van der Waals surface area (Å²) in [6, 6.07) is 6.50. The fourth-order valence-corrected chi connectivity index (χ4v) is 3.22. The van der Waals surface area contributed by atoms with Gasteiger partial charge in [-0.05, 0) is 12.1 Å². The first kappa shape index (κ1) is 15.3. The number of benzene rings is 1. The fourth-order valence-electron chi connectivity index (χ4n) is 1.94. The number of anilines is 1. The largest absolute Gasteiger partial charge is 0.318 e. The number of rotatable bonds is 4. The highest BCUT2D eigenvalue weighted by Gasteiger charge is 2.16. The lowest BCUT2D eigenvalue weighted by Crippen LogP contribution is -2.11. The van der Waals surface area contributed by atoms with Gasteiger partial charge in [0.25, 0.3) is 5.91 Å². The average molecular weight is 349 g/mol. The predicted molar refractivity (Wildman–Crippen MR) is 84.5 cm³/mol. The number of nitrogens with one attached hydrogen (secondary N) is 1. The number of hydrogen-bond acceptors (Lipinski definition) is 7. The molecule has 2 heterocycles. The molecule has 23 heavy (non-hydrogen) atoms. The van der Waals surface area contributed by atoms with Crippen LogP contribution in [0.1, 0.15) is 10.5 Å². The minimum absolute atomic E-state index is 0.157. The van der Waals surface area contributed by atoms with Gasteiger partial charge >= 0.3 is 0 Å². The van der Waals surface area contributed by atoms with E-state index in [4.69, 9.17) is 0 Å². The zero-order valence-corrected chi connectivity index (χ0v) is 13.5. The summed E-state index contributed by atoms with van der Waals surface area (Å²) in [5.74, 6) is -0.408. The molecule has 0 saturated heterocycles. The summed E-state index contributed by atoms with van der Waals surface area (Å²) < 4.78 is 32.7. The lowest BCUT2D eigenvalue weighted by molar-refractivity contribution is 0.102. The molecule has 0 unspecified atom stereocenters. The van der Waals surface area contributed by atoms with Gasteiger partial charge in [-0.1, -0.05) is 12.1 Å². The predicted octanol–water partition coefficient (Wildman–Crippen LogP) is 1.38. The number of amides is 1. The highest BCUT2D eigenvalue weighted by molar-refractivity contribution is 7.90. The third-order valence-corrected chi connectivity index (χ3v) is 4.57. The highest BCUT2D eigenvalue weighted by Crippen LogP contribution is 2.20. The van der Waals surface area contributed by atoms with Crippen molar-refractivity contribution in [1.82, 2.24) is 18.5 Å². The number of hydrogen-bond donors (Lipinski definition) is 1. The summed E-state index contributed by atoms with van der Waals surface area (Å²) in [7, 11) is -3.40. The molecule has 0 aliphatic heterocycles. The Morgan fingerprint density at radius 1 is 1.26 bits per heavy atom. The molecule has 0 saturated carbocycles. The summed E-state index contributed by atoms with van der Waals surface area (Å²) in [5.41, 5.74) is 1.04. The van der Waals surface area contributed by atoms with Crippen LogP contribution in [0.15, 0.2) is 47.8 Å². The van der Waals surface area contributed by atoms with E-state index in [1.54, 1.807) is 18.2 Å². The number of carbonyl (C=O) groups is 1. The molecule has 2 aromatic heterocycles. The Balaban J connectivity index is 1.90. The van der Waals surface area contributed by atoms with Gasteiger partial charge in [-0.3, -0.25) is 4.79 Å². The molecular weight excluding hydrogens is 338 g/mol. The Labute approximate surface area is 136 Å².